The monoisotopic (exact) mass is 241 g/mol. The maximum atomic E-state index is 12.3. The number of fused-ring (bicyclic) bond motifs is 3. The third-order valence-corrected chi connectivity index (χ3v) is 2.96. The van der Waals surface area contributed by atoms with Gasteiger partial charge in [0.05, 0.1) is 11.0 Å². The molecule has 0 saturated carbocycles. The predicted molar refractivity (Wildman–Crippen MR) is 68.4 cm³/mol. The molecule has 1 amide bonds. The molecule has 3 aromatic rings. The summed E-state index contributed by atoms with van der Waals surface area (Å²) < 4.78 is 3.22. The van der Waals surface area contributed by atoms with E-state index in [-0.39, 0.29) is 12.1 Å². The fourth-order valence-electron chi connectivity index (χ4n) is 2.22. The van der Waals surface area contributed by atoms with Gasteiger partial charge in [0.15, 0.2) is 0 Å². The Morgan fingerprint density at radius 1 is 1.06 bits per heavy atom. The first-order chi connectivity index (χ1) is 8.68. The zero-order valence-electron chi connectivity index (χ0n) is 9.54. The summed E-state index contributed by atoms with van der Waals surface area (Å²) in [5, 5.41) is 0. The Morgan fingerprint density at radius 2 is 1.72 bits per heavy atom. The summed E-state index contributed by atoms with van der Waals surface area (Å²) >= 11 is 0. The van der Waals surface area contributed by atoms with E-state index in [9.17, 15) is 9.59 Å². The van der Waals surface area contributed by atoms with Gasteiger partial charge in [0.1, 0.15) is 12.1 Å². The minimum atomic E-state index is -0.529. The average molecular weight is 241 g/mol. The van der Waals surface area contributed by atoms with Crippen molar-refractivity contribution in [3.8, 4) is 0 Å². The van der Waals surface area contributed by atoms with Crippen LogP contribution in [0.5, 0.6) is 0 Å². The van der Waals surface area contributed by atoms with Crippen molar-refractivity contribution in [2.75, 3.05) is 0 Å². The fourth-order valence-corrected chi connectivity index (χ4v) is 2.22. The third-order valence-electron chi connectivity index (χ3n) is 2.96. The van der Waals surface area contributed by atoms with Gasteiger partial charge < -0.3 is 10.1 Å². The van der Waals surface area contributed by atoms with Crippen LogP contribution in [-0.4, -0.2) is 14.9 Å². The quantitative estimate of drug-likeness (QED) is 0.719. The van der Waals surface area contributed by atoms with Crippen molar-refractivity contribution in [1.29, 1.82) is 0 Å². The number of primary amides is 1. The van der Waals surface area contributed by atoms with Crippen LogP contribution in [0.4, 0.5) is 0 Å². The number of rotatable bonds is 2. The van der Waals surface area contributed by atoms with Crippen molar-refractivity contribution in [2.24, 2.45) is 5.73 Å². The molecule has 0 fully saturated rings. The standard InChI is InChI=1S/C13H11N3O2/c14-12(17)8-16-10-5-2-1-4-9(10)15-7-3-6-11(15)13(16)18/h1-7H,8H2,(H2,14,17). The third kappa shape index (κ3) is 1.41. The number of nitrogens with two attached hydrogens (primary N) is 1. The Balaban J connectivity index is 2.53. The van der Waals surface area contributed by atoms with Crippen molar-refractivity contribution in [1.82, 2.24) is 8.97 Å². The number of carbonyl (C=O) groups excluding carboxylic acids is 1. The lowest BCUT2D eigenvalue weighted by molar-refractivity contribution is -0.118. The van der Waals surface area contributed by atoms with Crippen molar-refractivity contribution < 1.29 is 4.79 Å². The second-order valence-corrected chi connectivity index (χ2v) is 4.11. The van der Waals surface area contributed by atoms with Gasteiger partial charge in [-0.25, -0.2) is 0 Å². The summed E-state index contributed by atoms with van der Waals surface area (Å²) in [7, 11) is 0. The predicted octanol–water partition coefficient (Wildman–Crippen LogP) is 0.739. The van der Waals surface area contributed by atoms with Gasteiger partial charge >= 0.3 is 0 Å². The molecule has 18 heavy (non-hydrogen) atoms. The number of amides is 1. The van der Waals surface area contributed by atoms with Crippen LogP contribution in [0.3, 0.4) is 0 Å². The smallest absolute Gasteiger partial charge is 0.275 e. The second-order valence-electron chi connectivity index (χ2n) is 4.11. The van der Waals surface area contributed by atoms with Gasteiger partial charge in [0, 0.05) is 6.20 Å². The molecule has 2 aromatic heterocycles. The molecular weight excluding hydrogens is 230 g/mol. The van der Waals surface area contributed by atoms with Crippen LogP contribution in [0.1, 0.15) is 0 Å². The van der Waals surface area contributed by atoms with E-state index in [0.717, 1.165) is 5.52 Å². The zero-order chi connectivity index (χ0) is 12.7. The van der Waals surface area contributed by atoms with E-state index in [1.54, 1.807) is 18.2 Å². The highest BCUT2D eigenvalue weighted by atomic mass is 16.2. The topological polar surface area (TPSA) is 69.5 Å². The molecular formula is C13H11N3O2. The molecule has 0 atom stereocenters. The molecule has 2 heterocycles. The van der Waals surface area contributed by atoms with Crippen LogP contribution in [0.25, 0.3) is 16.6 Å². The van der Waals surface area contributed by atoms with Crippen LogP contribution in [0.15, 0.2) is 47.4 Å². The number of benzene rings is 1. The largest absolute Gasteiger partial charge is 0.368 e. The van der Waals surface area contributed by atoms with Crippen LogP contribution in [0.2, 0.25) is 0 Å². The zero-order valence-corrected chi connectivity index (χ0v) is 9.54. The molecule has 0 aliphatic rings. The van der Waals surface area contributed by atoms with Gasteiger partial charge in [-0.3, -0.25) is 14.2 Å². The highest BCUT2D eigenvalue weighted by Crippen LogP contribution is 2.14. The van der Waals surface area contributed by atoms with E-state index in [2.05, 4.69) is 0 Å². The van der Waals surface area contributed by atoms with E-state index in [1.165, 1.54) is 4.57 Å². The molecule has 0 spiro atoms. The van der Waals surface area contributed by atoms with E-state index in [0.29, 0.717) is 11.0 Å². The molecule has 5 nitrogen and oxygen atoms in total. The van der Waals surface area contributed by atoms with Gasteiger partial charge in [-0.1, -0.05) is 12.1 Å². The highest BCUT2D eigenvalue weighted by Gasteiger charge is 2.11. The van der Waals surface area contributed by atoms with Crippen molar-refractivity contribution in [3.05, 3.63) is 52.9 Å². The first-order valence-corrected chi connectivity index (χ1v) is 5.55. The summed E-state index contributed by atoms with van der Waals surface area (Å²) in [5.41, 5.74) is 7.10. The number of nitrogens with zero attached hydrogens (tertiary/aromatic N) is 2. The van der Waals surface area contributed by atoms with Crippen LogP contribution in [-0.2, 0) is 11.3 Å². The highest BCUT2D eigenvalue weighted by molar-refractivity contribution is 5.81. The van der Waals surface area contributed by atoms with Gasteiger partial charge in [-0.2, -0.15) is 0 Å². The van der Waals surface area contributed by atoms with Crippen molar-refractivity contribution in [3.63, 3.8) is 0 Å². The molecule has 90 valence electrons. The first kappa shape index (κ1) is 10.6. The molecule has 5 heteroatoms. The van der Waals surface area contributed by atoms with Crippen molar-refractivity contribution in [2.45, 2.75) is 6.54 Å². The van der Waals surface area contributed by atoms with E-state index in [4.69, 9.17) is 5.73 Å². The minimum Gasteiger partial charge on any atom is -0.368 e. The lowest BCUT2D eigenvalue weighted by Gasteiger charge is -2.10. The Bertz CT molecular complexity index is 814. The molecule has 3 rings (SSSR count). The van der Waals surface area contributed by atoms with Gasteiger partial charge in [-0.05, 0) is 24.3 Å². The van der Waals surface area contributed by atoms with Crippen LogP contribution < -0.4 is 11.3 Å². The molecule has 0 unspecified atom stereocenters. The number of hydrogen-bond acceptors (Lipinski definition) is 2. The van der Waals surface area contributed by atoms with Gasteiger partial charge in [-0.15, -0.1) is 0 Å². The summed E-state index contributed by atoms with van der Waals surface area (Å²) in [6, 6.07) is 11.0. The molecule has 0 aliphatic carbocycles. The normalized spacial score (nSPS) is 11.1. The Hall–Kier alpha value is -2.56. The molecule has 0 saturated heterocycles. The molecule has 0 bridgehead atoms. The lowest BCUT2D eigenvalue weighted by atomic mass is 10.3. The van der Waals surface area contributed by atoms with Crippen molar-refractivity contribution >= 4 is 22.5 Å². The Labute approximate surface area is 102 Å². The SMILES string of the molecule is NC(=O)Cn1c(=O)c2cccn2c2ccccc21. The van der Waals surface area contributed by atoms with E-state index >= 15 is 0 Å². The van der Waals surface area contributed by atoms with Crippen LogP contribution >= 0.6 is 0 Å². The molecule has 2 N–H and O–H groups in total. The maximum Gasteiger partial charge on any atom is 0.275 e. The first-order valence-electron chi connectivity index (χ1n) is 5.55. The number of hydrogen-bond donors (Lipinski definition) is 1. The number of carbonyl (C=O) groups is 1. The Morgan fingerprint density at radius 3 is 2.44 bits per heavy atom. The average Bonchev–Trinajstić information content (AvgIpc) is 2.83. The summed E-state index contributed by atoms with van der Waals surface area (Å²) in [6.45, 7) is -0.110. The second kappa shape index (κ2) is 3.73. The maximum absolute atomic E-state index is 12.3. The number of para-hydroxylation sites is 2. The minimum absolute atomic E-state index is 0.110. The molecule has 0 aliphatic heterocycles. The number of aromatic nitrogens is 2. The fraction of sp³-hybridized carbons (Fsp3) is 0.0769. The van der Waals surface area contributed by atoms with Gasteiger partial charge in [0.2, 0.25) is 5.91 Å². The lowest BCUT2D eigenvalue weighted by Crippen LogP contribution is -2.29. The summed E-state index contributed by atoms with van der Waals surface area (Å²) in [5.74, 6) is -0.529. The summed E-state index contributed by atoms with van der Waals surface area (Å²) in [4.78, 5) is 23.4. The van der Waals surface area contributed by atoms with Gasteiger partial charge in [0.25, 0.3) is 5.56 Å². The summed E-state index contributed by atoms with van der Waals surface area (Å²) in [6.07, 6.45) is 1.83. The molecule has 1 aromatic carbocycles. The Kier molecular flexibility index (Phi) is 2.19. The van der Waals surface area contributed by atoms with E-state index < -0.39 is 5.91 Å². The van der Waals surface area contributed by atoms with E-state index in [1.807, 2.05) is 28.8 Å². The van der Waals surface area contributed by atoms with Crippen LogP contribution in [0, 0.1) is 0 Å². The molecule has 0 radical (unpaired) electrons.